The number of amides is 2. The van der Waals surface area contributed by atoms with Crippen LogP contribution in [0.1, 0.15) is 67.3 Å². The van der Waals surface area contributed by atoms with Crippen molar-refractivity contribution in [2.75, 3.05) is 13.2 Å². The van der Waals surface area contributed by atoms with Crippen molar-refractivity contribution in [1.29, 1.82) is 0 Å². The molecular formula is C34H34F6N2O6. The maximum Gasteiger partial charge on any atom is 0.416 e. The smallest absolute Gasteiger partial charge is 0.416 e. The summed E-state index contributed by atoms with van der Waals surface area (Å²) in [5.74, 6) is -1.69. The number of nitrogens with one attached hydrogen (secondary N) is 1. The van der Waals surface area contributed by atoms with Gasteiger partial charge in [0.1, 0.15) is 18.2 Å². The molecule has 1 unspecified atom stereocenters. The molecule has 0 saturated carbocycles. The molecule has 0 heterocycles. The van der Waals surface area contributed by atoms with Crippen LogP contribution in [0.4, 0.5) is 35.9 Å². The van der Waals surface area contributed by atoms with Gasteiger partial charge in [-0.1, -0.05) is 48.5 Å². The van der Waals surface area contributed by atoms with Crippen molar-refractivity contribution < 1.29 is 55.3 Å². The van der Waals surface area contributed by atoms with E-state index < -0.39 is 65.4 Å². The Morgan fingerprint density at radius 2 is 1.38 bits per heavy atom. The van der Waals surface area contributed by atoms with E-state index in [1.165, 1.54) is 20.8 Å². The van der Waals surface area contributed by atoms with E-state index in [0.717, 1.165) is 27.2 Å². The minimum absolute atomic E-state index is 0.0201. The van der Waals surface area contributed by atoms with Gasteiger partial charge >= 0.3 is 30.5 Å². The van der Waals surface area contributed by atoms with Crippen LogP contribution in [0.15, 0.2) is 66.7 Å². The van der Waals surface area contributed by atoms with E-state index in [4.69, 9.17) is 9.47 Å². The predicted octanol–water partition coefficient (Wildman–Crippen LogP) is 8.23. The number of hydrogen-bond donors (Lipinski definition) is 2. The summed E-state index contributed by atoms with van der Waals surface area (Å²) in [7, 11) is 0. The second-order valence-corrected chi connectivity index (χ2v) is 12.3. The van der Waals surface area contributed by atoms with Crippen LogP contribution in [0.3, 0.4) is 0 Å². The summed E-state index contributed by atoms with van der Waals surface area (Å²) < 4.78 is 91.3. The van der Waals surface area contributed by atoms with Crippen LogP contribution < -0.4 is 5.32 Å². The van der Waals surface area contributed by atoms with Crippen molar-refractivity contribution in [2.45, 2.75) is 70.1 Å². The van der Waals surface area contributed by atoms with Crippen LogP contribution in [0.2, 0.25) is 0 Å². The lowest BCUT2D eigenvalue weighted by Crippen LogP contribution is -2.42. The van der Waals surface area contributed by atoms with Crippen LogP contribution >= 0.6 is 0 Å². The van der Waals surface area contributed by atoms with Crippen LogP contribution in [-0.2, 0) is 33.2 Å². The number of carboxylic acid groups (broad SMARTS) is 1. The molecule has 3 aromatic carbocycles. The molecule has 1 aliphatic rings. The van der Waals surface area contributed by atoms with Gasteiger partial charge < -0.3 is 24.8 Å². The molecule has 258 valence electrons. The van der Waals surface area contributed by atoms with Crippen molar-refractivity contribution >= 4 is 18.2 Å². The molecule has 0 aliphatic heterocycles. The minimum atomic E-state index is -5.09. The van der Waals surface area contributed by atoms with Crippen molar-refractivity contribution in [2.24, 2.45) is 0 Å². The summed E-state index contributed by atoms with van der Waals surface area (Å²) in [5.41, 5.74) is -0.716. The topological polar surface area (TPSA) is 105 Å². The molecule has 0 radical (unpaired) electrons. The molecule has 2 N–H and O–H groups in total. The Morgan fingerprint density at radius 1 is 0.854 bits per heavy atom. The summed E-state index contributed by atoms with van der Waals surface area (Å²) in [6.07, 6.45) is -12.6. The number of nitrogens with zero attached hydrogens (tertiary/aromatic N) is 1. The molecule has 1 atom stereocenters. The first kappa shape index (κ1) is 36.1. The third-order valence-corrected chi connectivity index (χ3v) is 7.53. The van der Waals surface area contributed by atoms with Gasteiger partial charge in [0.15, 0.2) is 0 Å². The number of halogens is 6. The van der Waals surface area contributed by atoms with E-state index in [1.807, 2.05) is 48.5 Å². The van der Waals surface area contributed by atoms with Gasteiger partial charge in [0, 0.05) is 19.0 Å². The zero-order chi connectivity index (χ0) is 35.4. The van der Waals surface area contributed by atoms with E-state index in [2.05, 4.69) is 5.32 Å². The van der Waals surface area contributed by atoms with Gasteiger partial charge in [-0.15, -0.1) is 0 Å². The maximum absolute atomic E-state index is 13.4. The number of hydrogen-bond acceptors (Lipinski definition) is 5. The summed E-state index contributed by atoms with van der Waals surface area (Å²) in [5, 5.41) is 12.0. The van der Waals surface area contributed by atoms with Crippen LogP contribution in [0.5, 0.6) is 0 Å². The molecule has 48 heavy (non-hydrogen) atoms. The van der Waals surface area contributed by atoms with E-state index in [0.29, 0.717) is 12.1 Å². The number of alkyl carbamates (subject to hydrolysis) is 1. The molecule has 0 fully saturated rings. The number of benzene rings is 3. The molecule has 3 aromatic rings. The third-order valence-electron chi connectivity index (χ3n) is 7.53. The van der Waals surface area contributed by atoms with Gasteiger partial charge in [-0.3, -0.25) is 0 Å². The summed E-state index contributed by atoms with van der Waals surface area (Å²) in [6.45, 7) is 3.48. The summed E-state index contributed by atoms with van der Waals surface area (Å²) >= 11 is 0. The van der Waals surface area contributed by atoms with Crippen LogP contribution in [0, 0.1) is 0 Å². The highest BCUT2D eigenvalue weighted by molar-refractivity contribution is 5.81. The molecule has 0 aromatic heterocycles. The number of carboxylic acids is 1. The standard InChI is InChI=1S/C34H34F6N2O6/c1-32(2,3)48-31(46)42(18-20-15-21(33(35,36)37)17-22(16-20)34(38,39)40)14-8-13-28(29(43)44)41-30(45)47-19-27-25-11-6-4-9-23(25)24-10-5-7-12-26(24)27/h4-7,9-12,15-17,27-28H,8,13-14,18-19H2,1-3H3,(H,41,45)(H,43,44). The number of ether oxygens (including phenoxy) is 2. The average molecular weight is 681 g/mol. The average Bonchev–Trinajstić information content (AvgIpc) is 3.30. The van der Waals surface area contributed by atoms with Gasteiger partial charge in [-0.05, 0) is 79.6 Å². The van der Waals surface area contributed by atoms with Crippen molar-refractivity contribution in [1.82, 2.24) is 10.2 Å². The quantitative estimate of drug-likeness (QED) is 0.209. The number of aliphatic carboxylic acids is 1. The molecule has 0 bridgehead atoms. The number of rotatable bonds is 10. The number of carbonyl (C=O) groups excluding carboxylic acids is 2. The van der Waals surface area contributed by atoms with E-state index >= 15 is 0 Å². The maximum atomic E-state index is 13.4. The monoisotopic (exact) mass is 680 g/mol. The highest BCUT2D eigenvalue weighted by atomic mass is 19.4. The lowest BCUT2D eigenvalue weighted by Gasteiger charge is -2.28. The van der Waals surface area contributed by atoms with E-state index in [1.54, 1.807) is 0 Å². The lowest BCUT2D eigenvalue weighted by molar-refractivity contribution is -0.143. The molecule has 4 rings (SSSR count). The Hall–Kier alpha value is -4.75. The van der Waals surface area contributed by atoms with Gasteiger partial charge in [-0.25, -0.2) is 14.4 Å². The van der Waals surface area contributed by atoms with E-state index in [9.17, 15) is 45.8 Å². The zero-order valence-electron chi connectivity index (χ0n) is 26.2. The van der Waals surface area contributed by atoms with Gasteiger partial charge in [0.2, 0.25) is 0 Å². The van der Waals surface area contributed by atoms with E-state index in [-0.39, 0.29) is 38.0 Å². The highest BCUT2D eigenvalue weighted by Gasteiger charge is 2.37. The van der Waals surface area contributed by atoms with Gasteiger partial charge in [0.05, 0.1) is 11.1 Å². The second-order valence-electron chi connectivity index (χ2n) is 12.3. The molecule has 0 saturated heterocycles. The van der Waals surface area contributed by atoms with Crippen molar-refractivity contribution in [3.8, 4) is 11.1 Å². The minimum Gasteiger partial charge on any atom is -0.480 e. The molecule has 0 spiro atoms. The fraction of sp³-hybridized carbons (Fsp3) is 0.382. The molecule has 1 aliphatic carbocycles. The highest BCUT2D eigenvalue weighted by Crippen LogP contribution is 2.44. The Kier molecular flexibility index (Phi) is 10.6. The predicted molar refractivity (Wildman–Crippen MR) is 162 cm³/mol. The Balaban J connectivity index is 1.43. The zero-order valence-corrected chi connectivity index (χ0v) is 26.2. The Bertz CT molecular complexity index is 1570. The molecule has 8 nitrogen and oxygen atoms in total. The molecule has 14 heteroatoms. The van der Waals surface area contributed by atoms with Crippen molar-refractivity contribution in [3.63, 3.8) is 0 Å². The van der Waals surface area contributed by atoms with Crippen LogP contribution in [0.25, 0.3) is 11.1 Å². The SMILES string of the molecule is CC(C)(C)OC(=O)N(CCCC(NC(=O)OCC1c2ccccc2-c2ccccc21)C(=O)O)Cc1cc(C(F)(F)F)cc(C(F)(F)F)c1. The first-order valence-corrected chi connectivity index (χ1v) is 14.9. The molecule has 2 amide bonds. The largest absolute Gasteiger partial charge is 0.480 e. The number of carbonyl (C=O) groups is 3. The first-order valence-electron chi connectivity index (χ1n) is 14.9. The first-order chi connectivity index (χ1) is 22.3. The summed E-state index contributed by atoms with van der Waals surface area (Å²) in [4.78, 5) is 38.5. The Labute approximate surface area is 272 Å². The van der Waals surface area contributed by atoms with Gasteiger partial charge in [-0.2, -0.15) is 26.3 Å². The number of fused-ring (bicyclic) bond motifs is 3. The fourth-order valence-electron chi connectivity index (χ4n) is 5.42. The van der Waals surface area contributed by atoms with Crippen molar-refractivity contribution in [3.05, 3.63) is 94.5 Å². The lowest BCUT2D eigenvalue weighted by atomic mass is 9.98. The van der Waals surface area contributed by atoms with Gasteiger partial charge in [0.25, 0.3) is 0 Å². The second kappa shape index (κ2) is 14.2. The fourth-order valence-corrected chi connectivity index (χ4v) is 5.42. The normalized spacial score (nSPS) is 13.7. The number of alkyl halides is 6. The third kappa shape index (κ3) is 9.20. The molecular weight excluding hydrogens is 646 g/mol. The summed E-state index contributed by atoms with van der Waals surface area (Å²) in [6, 6.07) is 14.8. The Morgan fingerprint density at radius 3 is 1.85 bits per heavy atom. The van der Waals surface area contributed by atoms with Crippen LogP contribution in [-0.4, -0.2) is 53.0 Å².